The number of nitrogens with one attached hydrogen (secondary N) is 1. The molecule has 0 atom stereocenters. The Morgan fingerprint density at radius 1 is 1.04 bits per heavy atom. The Kier molecular flexibility index (Phi) is 4.26. The summed E-state index contributed by atoms with van der Waals surface area (Å²) in [5, 5.41) is 9.04. The molecule has 1 saturated heterocycles. The lowest BCUT2D eigenvalue weighted by Crippen LogP contribution is -2.40. The zero-order valence-corrected chi connectivity index (χ0v) is 14.1. The Hall–Kier alpha value is -3.00. The molecule has 0 bridgehead atoms. The zero-order chi connectivity index (χ0) is 18.1. The van der Waals surface area contributed by atoms with Crippen LogP contribution in [-0.4, -0.2) is 66.3 Å². The molecule has 1 fully saturated rings. The molecule has 0 spiro atoms. The summed E-state index contributed by atoms with van der Waals surface area (Å²) in [7, 11) is 0. The van der Waals surface area contributed by atoms with E-state index in [1.807, 2.05) is 4.90 Å². The van der Waals surface area contributed by atoms with Crippen molar-refractivity contribution in [3.05, 3.63) is 41.6 Å². The predicted octanol–water partition coefficient (Wildman–Crippen LogP) is 1.72. The first-order chi connectivity index (χ1) is 12.6. The summed E-state index contributed by atoms with van der Waals surface area (Å²) in [6, 6.07) is 8.36. The highest BCUT2D eigenvalue weighted by Crippen LogP contribution is 2.37. The number of ether oxygens (including phenoxy) is 2. The number of aromatic nitrogens is 1. The van der Waals surface area contributed by atoms with Crippen LogP contribution in [0.5, 0.6) is 5.75 Å². The highest BCUT2D eigenvalue weighted by atomic mass is 16.5. The van der Waals surface area contributed by atoms with Crippen molar-refractivity contribution < 1.29 is 24.2 Å². The number of carboxylic acid groups (broad SMARTS) is 1. The van der Waals surface area contributed by atoms with Gasteiger partial charge in [0.05, 0.1) is 25.3 Å². The van der Waals surface area contributed by atoms with E-state index < -0.39 is 5.97 Å². The van der Waals surface area contributed by atoms with Crippen molar-refractivity contribution in [3.8, 4) is 5.75 Å². The van der Waals surface area contributed by atoms with E-state index in [0.717, 1.165) is 5.69 Å². The van der Waals surface area contributed by atoms with E-state index in [4.69, 9.17) is 14.6 Å². The fourth-order valence-electron chi connectivity index (χ4n) is 3.19. The second-order valence-corrected chi connectivity index (χ2v) is 6.15. The molecule has 0 aliphatic carbocycles. The minimum atomic E-state index is -0.961. The number of nitrogens with zero attached hydrogens (tertiary/aromatic N) is 2. The summed E-state index contributed by atoms with van der Waals surface area (Å²) < 4.78 is 11.0. The summed E-state index contributed by atoms with van der Waals surface area (Å²) in [5.74, 6) is 0.288. The fraction of sp³-hybridized carbons (Fsp3) is 0.333. The topological polar surface area (TPSA) is 95.1 Å². The monoisotopic (exact) mass is 357 g/mol. The van der Waals surface area contributed by atoms with Gasteiger partial charge in [0.2, 0.25) is 0 Å². The maximum absolute atomic E-state index is 12.7. The van der Waals surface area contributed by atoms with E-state index in [9.17, 15) is 9.59 Å². The van der Waals surface area contributed by atoms with Crippen LogP contribution in [0.15, 0.2) is 30.3 Å². The minimum Gasteiger partial charge on any atom is -0.488 e. The van der Waals surface area contributed by atoms with Gasteiger partial charge in [-0.25, -0.2) is 4.79 Å². The molecule has 2 aliphatic heterocycles. The third-order valence-corrected chi connectivity index (χ3v) is 4.56. The number of carbonyl (C=O) groups excluding carboxylic acids is 1. The van der Waals surface area contributed by atoms with Crippen LogP contribution >= 0.6 is 0 Å². The van der Waals surface area contributed by atoms with Gasteiger partial charge < -0.3 is 29.4 Å². The van der Waals surface area contributed by atoms with Crippen LogP contribution in [0, 0.1) is 0 Å². The highest BCUT2D eigenvalue weighted by Gasteiger charge is 2.27. The zero-order valence-electron chi connectivity index (χ0n) is 14.1. The molecule has 0 radical (unpaired) electrons. The van der Waals surface area contributed by atoms with Gasteiger partial charge in [0.15, 0.2) is 11.6 Å². The van der Waals surface area contributed by atoms with Crippen molar-refractivity contribution in [1.82, 2.24) is 9.88 Å². The Bertz CT molecular complexity index is 824. The van der Waals surface area contributed by atoms with Crippen LogP contribution < -0.4 is 9.64 Å². The van der Waals surface area contributed by atoms with E-state index in [1.54, 1.807) is 35.2 Å². The maximum Gasteiger partial charge on any atom is 0.335 e. The second kappa shape index (κ2) is 6.72. The molecule has 8 nitrogen and oxygen atoms in total. The molecule has 136 valence electrons. The molecule has 26 heavy (non-hydrogen) atoms. The largest absolute Gasteiger partial charge is 0.488 e. The number of rotatable bonds is 3. The van der Waals surface area contributed by atoms with E-state index >= 15 is 0 Å². The van der Waals surface area contributed by atoms with Crippen LogP contribution in [0.4, 0.5) is 11.5 Å². The van der Waals surface area contributed by atoms with Crippen LogP contribution in [0.3, 0.4) is 0 Å². The Morgan fingerprint density at radius 3 is 2.46 bits per heavy atom. The average molecular weight is 357 g/mol. The van der Waals surface area contributed by atoms with Crippen LogP contribution in [0.25, 0.3) is 0 Å². The summed E-state index contributed by atoms with van der Waals surface area (Å²) in [5.41, 5.74) is 1.55. The molecule has 4 rings (SSSR count). The van der Waals surface area contributed by atoms with Gasteiger partial charge in [-0.2, -0.15) is 0 Å². The van der Waals surface area contributed by atoms with Gasteiger partial charge in [-0.1, -0.05) is 0 Å². The second-order valence-electron chi connectivity index (χ2n) is 6.15. The van der Waals surface area contributed by atoms with Gasteiger partial charge >= 0.3 is 5.97 Å². The summed E-state index contributed by atoms with van der Waals surface area (Å²) >= 11 is 0. The SMILES string of the molecule is O=C(O)c1ccc(N2CCOc3cc(C(=O)N4CCOCC4)[nH]c32)cc1. The number of carbonyl (C=O) groups is 2. The van der Waals surface area contributed by atoms with Crippen LogP contribution in [-0.2, 0) is 4.74 Å². The molecule has 2 aliphatic rings. The number of carboxylic acids is 1. The van der Waals surface area contributed by atoms with Crippen molar-refractivity contribution >= 4 is 23.4 Å². The molecular formula is C18H19N3O5. The van der Waals surface area contributed by atoms with Crippen molar-refractivity contribution in [2.45, 2.75) is 0 Å². The van der Waals surface area contributed by atoms with Crippen molar-refractivity contribution in [1.29, 1.82) is 0 Å². The number of amides is 1. The summed E-state index contributed by atoms with van der Waals surface area (Å²) in [6.07, 6.45) is 0. The minimum absolute atomic E-state index is 0.0764. The quantitative estimate of drug-likeness (QED) is 0.868. The highest BCUT2D eigenvalue weighted by molar-refractivity contribution is 5.94. The molecule has 1 aromatic heterocycles. The van der Waals surface area contributed by atoms with E-state index in [-0.39, 0.29) is 11.5 Å². The van der Waals surface area contributed by atoms with Crippen LogP contribution in [0.1, 0.15) is 20.8 Å². The van der Waals surface area contributed by atoms with Gasteiger partial charge in [-0.15, -0.1) is 0 Å². The standard InChI is InChI=1S/C18H19N3O5/c22-17(20-5-8-25-9-6-20)14-11-15-16(19-14)21(7-10-26-15)13-3-1-12(2-4-13)18(23)24/h1-4,11,19H,5-10H2,(H,23,24). The smallest absolute Gasteiger partial charge is 0.335 e. The van der Waals surface area contributed by atoms with Crippen molar-refractivity contribution in [2.75, 3.05) is 44.4 Å². The molecule has 1 amide bonds. The van der Waals surface area contributed by atoms with E-state index in [2.05, 4.69) is 4.98 Å². The lowest BCUT2D eigenvalue weighted by molar-refractivity contribution is 0.0299. The third-order valence-electron chi connectivity index (χ3n) is 4.56. The molecule has 0 saturated carbocycles. The lowest BCUT2D eigenvalue weighted by Gasteiger charge is -2.29. The normalized spacial score (nSPS) is 16.8. The number of aromatic amines is 1. The number of morpholine rings is 1. The maximum atomic E-state index is 12.7. The van der Waals surface area contributed by atoms with Gasteiger partial charge in [0, 0.05) is 24.8 Å². The molecular weight excluding hydrogens is 338 g/mol. The number of fused-ring (bicyclic) bond motifs is 1. The number of hydrogen-bond acceptors (Lipinski definition) is 5. The number of H-pyrrole nitrogens is 1. The number of aromatic carboxylic acids is 1. The number of benzene rings is 1. The Labute approximate surface area is 149 Å². The predicted molar refractivity (Wildman–Crippen MR) is 93.4 cm³/mol. The fourth-order valence-corrected chi connectivity index (χ4v) is 3.19. The van der Waals surface area contributed by atoms with Crippen molar-refractivity contribution in [3.63, 3.8) is 0 Å². The number of anilines is 2. The molecule has 1 aromatic carbocycles. The summed E-state index contributed by atoms with van der Waals surface area (Å²) in [4.78, 5) is 30.6. The average Bonchev–Trinajstić information content (AvgIpc) is 3.12. The Morgan fingerprint density at radius 2 is 1.77 bits per heavy atom. The first-order valence-electron chi connectivity index (χ1n) is 8.47. The molecule has 3 heterocycles. The molecule has 8 heteroatoms. The van der Waals surface area contributed by atoms with E-state index in [0.29, 0.717) is 56.7 Å². The Balaban J connectivity index is 1.60. The van der Waals surface area contributed by atoms with Gasteiger partial charge in [0.25, 0.3) is 5.91 Å². The van der Waals surface area contributed by atoms with Gasteiger partial charge in [-0.3, -0.25) is 4.79 Å². The molecule has 0 unspecified atom stereocenters. The summed E-state index contributed by atoms with van der Waals surface area (Å²) in [6.45, 7) is 3.32. The van der Waals surface area contributed by atoms with Gasteiger partial charge in [0.1, 0.15) is 12.3 Å². The first kappa shape index (κ1) is 16.5. The van der Waals surface area contributed by atoms with E-state index in [1.165, 1.54) is 0 Å². The molecule has 2 aromatic rings. The third kappa shape index (κ3) is 2.99. The lowest BCUT2D eigenvalue weighted by atomic mass is 10.2. The van der Waals surface area contributed by atoms with Crippen LogP contribution in [0.2, 0.25) is 0 Å². The number of hydrogen-bond donors (Lipinski definition) is 2. The first-order valence-corrected chi connectivity index (χ1v) is 8.47. The van der Waals surface area contributed by atoms with Crippen molar-refractivity contribution in [2.24, 2.45) is 0 Å². The van der Waals surface area contributed by atoms with Gasteiger partial charge in [-0.05, 0) is 24.3 Å². The molecule has 2 N–H and O–H groups in total.